The van der Waals surface area contributed by atoms with Crippen molar-refractivity contribution in [2.75, 3.05) is 6.61 Å². The van der Waals surface area contributed by atoms with Crippen LogP contribution >= 0.6 is 11.8 Å². The molecule has 1 aromatic rings. The number of amides is 1. The molecule has 0 bridgehead atoms. The molecule has 1 atom stereocenters. The van der Waals surface area contributed by atoms with Gasteiger partial charge in [-0.05, 0) is 11.6 Å². The molecule has 0 aromatic heterocycles. The summed E-state index contributed by atoms with van der Waals surface area (Å²) in [5.74, 6) is 0. The van der Waals surface area contributed by atoms with E-state index in [1.807, 2.05) is 23.9 Å². The first-order chi connectivity index (χ1) is 9.19. The largest absolute Gasteiger partial charge is 0.449 e. The molecule has 2 rings (SSSR count). The zero-order valence-electron chi connectivity index (χ0n) is 12.8. The van der Waals surface area contributed by atoms with E-state index in [4.69, 9.17) is 4.74 Å². The number of carbonyl (C=O) groups is 1. The van der Waals surface area contributed by atoms with E-state index in [1.165, 1.54) is 10.5 Å². The van der Waals surface area contributed by atoms with Crippen molar-refractivity contribution in [3.05, 3.63) is 29.8 Å². The third kappa shape index (κ3) is 3.48. The van der Waals surface area contributed by atoms with Crippen molar-refractivity contribution >= 4 is 17.9 Å². The minimum absolute atomic E-state index is 0.0187. The van der Waals surface area contributed by atoms with Crippen LogP contribution in [-0.4, -0.2) is 17.4 Å². The highest BCUT2D eigenvalue weighted by atomic mass is 32.2. The van der Waals surface area contributed by atoms with Gasteiger partial charge in [-0.2, -0.15) is 0 Å². The maximum atomic E-state index is 11.6. The van der Waals surface area contributed by atoms with Crippen LogP contribution in [-0.2, 0) is 4.74 Å². The van der Waals surface area contributed by atoms with Crippen LogP contribution in [0.2, 0.25) is 0 Å². The van der Waals surface area contributed by atoms with Gasteiger partial charge in [0.2, 0.25) is 0 Å². The minimum atomic E-state index is -0.329. The third-order valence-electron chi connectivity index (χ3n) is 3.27. The van der Waals surface area contributed by atoms with E-state index in [0.717, 1.165) is 0 Å². The number of carbonyl (C=O) groups excluding carboxylic acids is 1. The highest BCUT2D eigenvalue weighted by Gasteiger charge is 2.39. The predicted octanol–water partition coefficient (Wildman–Crippen LogP) is 4.38. The first kappa shape index (κ1) is 15.2. The van der Waals surface area contributed by atoms with Crippen molar-refractivity contribution < 1.29 is 9.53 Å². The van der Waals surface area contributed by atoms with Crippen molar-refractivity contribution in [1.82, 2.24) is 5.32 Å². The normalized spacial score (nSPS) is 22.1. The van der Waals surface area contributed by atoms with Gasteiger partial charge in [-0.3, -0.25) is 0 Å². The lowest BCUT2D eigenvalue weighted by atomic mass is 9.80. The maximum Gasteiger partial charge on any atom is 0.407 e. The SMILES string of the molecule is CC(C)(C)Sc1ccccc1[C@H]1NC(=O)OCC1(C)C. The predicted molar refractivity (Wildman–Crippen MR) is 83.1 cm³/mol. The first-order valence-corrected chi connectivity index (χ1v) is 7.72. The monoisotopic (exact) mass is 293 g/mol. The Bertz CT molecular complexity index is 505. The van der Waals surface area contributed by atoms with E-state index in [1.54, 1.807) is 0 Å². The van der Waals surface area contributed by atoms with E-state index in [9.17, 15) is 4.79 Å². The first-order valence-electron chi connectivity index (χ1n) is 6.90. The van der Waals surface area contributed by atoms with E-state index in [-0.39, 0.29) is 22.3 Å². The molecule has 1 aliphatic rings. The lowest BCUT2D eigenvalue weighted by Crippen LogP contribution is -2.47. The minimum Gasteiger partial charge on any atom is -0.449 e. The quantitative estimate of drug-likeness (QED) is 0.822. The van der Waals surface area contributed by atoms with Gasteiger partial charge in [0.05, 0.1) is 6.04 Å². The van der Waals surface area contributed by atoms with Crippen molar-refractivity contribution in [3.63, 3.8) is 0 Å². The molecule has 3 nitrogen and oxygen atoms in total. The van der Waals surface area contributed by atoms with E-state index < -0.39 is 0 Å². The van der Waals surface area contributed by atoms with Crippen LogP contribution in [0.3, 0.4) is 0 Å². The summed E-state index contributed by atoms with van der Waals surface area (Å²) < 4.78 is 5.26. The second-order valence-electron chi connectivity index (χ2n) is 6.89. The van der Waals surface area contributed by atoms with Gasteiger partial charge in [-0.15, -0.1) is 11.8 Å². The second kappa shape index (κ2) is 5.32. The molecule has 1 amide bonds. The molecule has 0 unspecified atom stereocenters. The fourth-order valence-electron chi connectivity index (χ4n) is 2.33. The highest BCUT2D eigenvalue weighted by Crippen LogP contribution is 2.42. The molecular formula is C16H23NO2S. The van der Waals surface area contributed by atoms with Crippen LogP contribution < -0.4 is 5.32 Å². The van der Waals surface area contributed by atoms with Gasteiger partial charge in [0.15, 0.2) is 0 Å². The molecule has 4 heteroatoms. The molecule has 1 heterocycles. The Morgan fingerprint density at radius 2 is 1.95 bits per heavy atom. The van der Waals surface area contributed by atoms with Gasteiger partial charge >= 0.3 is 6.09 Å². The average Bonchev–Trinajstić information content (AvgIpc) is 2.31. The molecule has 1 fully saturated rings. The Labute approximate surface area is 125 Å². The van der Waals surface area contributed by atoms with Gasteiger partial charge in [0, 0.05) is 15.1 Å². The number of ether oxygens (including phenoxy) is 1. The van der Waals surface area contributed by atoms with Gasteiger partial charge in [-0.25, -0.2) is 4.79 Å². The lowest BCUT2D eigenvalue weighted by Gasteiger charge is -2.39. The fourth-order valence-corrected chi connectivity index (χ4v) is 3.44. The summed E-state index contributed by atoms with van der Waals surface area (Å²) in [6.45, 7) is 11.3. The number of thioether (sulfide) groups is 1. The fraction of sp³-hybridized carbons (Fsp3) is 0.562. The number of hydrogen-bond acceptors (Lipinski definition) is 3. The Morgan fingerprint density at radius 1 is 1.30 bits per heavy atom. The van der Waals surface area contributed by atoms with Gasteiger partial charge in [-0.1, -0.05) is 52.8 Å². The zero-order valence-corrected chi connectivity index (χ0v) is 13.6. The van der Waals surface area contributed by atoms with E-state index in [2.05, 4.69) is 52.1 Å². The van der Waals surface area contributed by atoms with E-state index in [0.29, 0.717) is 6.61 Å². The number of hydrogen-bond donors (Lipinski definition) is 1. The summed E-state index contributed by atoms with van der Waals surface area (Å²) >= 11 is 1.83. The zero-order chi connectivity index (χ0) is 15.0. The molecule has 110 valence electrons. The van der Waals surface area contributed by atoms with Crippen LogP contribution in [0.1, 0.15) is 46.2 Å². The van der Waals surface area contributed by atoms with Crippen LogP contribution in [0.4, 0.5) is 4.79 Å². The summed E-state index contributed by atoms with van der Waals surface area (Å²) in [5, 5.41) is 2.97. The molecule has 20 heavy (non-hydrogen) atoms. The number of rotatable bonds is 2. The molecule has 1 N–H and O–H groups in total. The summed E-state index contributed by atoms with van der Waals surface area (Å²) in [6.07, 6.45) is -0.329. The highest BCUT2D eigenvalue weighted by molar-refractivity contribution is 8.00. The molecule has 0 aliphatic carbocycles. The molecule has 1 aromatic carbocycles. The Morgan fingerprint density at radius 3 is 2.60 bits per heavy atom. The summed E-state index contributed by atoms with van der Waals surface area (Å²) in [7, 11) is 0. The number of alkyl carbamates (subject to hydrolysis) is 1. The summed E-state index contributed by atoms with van der Waals surface area (Å²) in [4.78, 5) is 12.8. The van der Waals surface area contributed by atoms with Crippen molar-refractivity contribution in [2.45, 2.75) is 50.3 Å². The maximum absolute atomic E-state index is 11.6. The number of nitrogens with one attached hydrogen (secondary N) is 1. The van der Waals surface area contributed by atoms with Crippen LogP contribution in [0.25, 0.3) is 0 Å². The van der Waals surface area contributed by atoms with E-state index >= 15 is 0 Å². The Balaban J connectivity index is 2.38. The topological polar surface area (TPSA) is 38.3 Å². The van der Waals surface area contributed by atoms with Gasteiger partial charge in [0.25, 0.3) is 0 Å². The van der Waals surface area contributed by atoms with Crippen molar-refractivity contribution in [2.24, 2.45) is 5.41 Å². The van der Waals surface area contributed by atoms with Gasteiger partial charge in [0.1, 0.15) is 6.61 Å². The van der Waals surface area contributed by atoms with Crippen molar-refractivity contribution in [1.29, 1.82) is 0 Å². The Hall–Kier alpha value is -1.16. The lowest BCUT2D eigenvalue weighted by molar-refractivity contribution is 0.0380. The summed E-state index contributed by atoms with van der Waals surface area (Å²) in [6, 6.07) is 8.29. The molecule has 1 aliphatic heterocycles. The smallest absolute Gasteiger partial charge is 0.407 e. The van der Waals surface area contributed by atoms with Crippen LogP contribution in [0, 0.1) is 5.41 Å². The van der Waals surface area contributed by atoms with Crippen LogP contribution in [0.15, 0.2) is 29.2 Å². The molecule has 0 radical (unpaired) electrons. The van der Waals surface area contributed by atoms with Crippen LogP contribution in [0.5, 0.6) is 0 Å². The average molecular weight is 293 g/mol. The van der Waals surface area contributed by atoms with Gasteiger partial charge < -0.3 is 10.1 Å². The molecule has 0 saturated carbocycles. The molecule has 0 spiro atoms. The molecular weight excluding hydrogens is 270 g/mol. The van der Waals surface area contributed by atoms with Crippen molar-refractivity contribution in [3.8, 4) is 0 Å². The third-order valence-corrected chi connectivity index (χ3v) is 4.47. The Kier molecular flexibility index (Phi) is 4.05. The summed E-state index contributed by atoms with van der Waals surface area (Å²) in [5.41, 5.74) is 1.05. The second-order valence-corrected chi connectivity index (χ2v) is 8.76. The standard InChI is InChI=1S/C16H23NO2S/c1-15(2,3)20-12-9-7-6-8-11(12)13-16(4,5)10-19-14(18)17-13/h6-9,13H,10H2,1-5H3,(H,17,18)/t13-/m1/s1. The number of cyclic esters (lactones) is 1. The number of benzene rings is 1. The molecule has 1 saturated heterocycles.